The molecule has 4 rings (SSSR count). The van der Waals surface area contributed by atoms with Crippen molar-refractivity contribution in [2.45, 2.75) is 13.0 Å². The summed E-state index contributed by atoms with van der Waals surface area (Å²) in [6, 6.07) is 11.9. The maximum atomic E-state index is 13.8. The van der Waals surface area contributed by atoms with Crippen LogP contribution in [0, 0.1) is 18.6 Å². The number of thiophene rings is 1. The highest BCUT2D eigenvalue weighted by Gasteiger charge is 2.47. The highest BCUT2D eigenvalue weighted by atomic mass is 32.1. The predicted octanol–water partition coefficient (Wildman–Crippen LogP) is 4.96. The van der Waals surface area contributed by atoms with Crippen molar-refractivity contribution in [1.29, 1.82) is 0 Å². The highest BCUT2D eigenvalue weighted by molar-refractivity contribution is 7.10. The lowest BCUT2D eigenvalue weighted by Gasteiger charge is -2.24. The molecule has 1 aliphatic heterocycles. The van der Waals surface area contributed by atoms with Crippen molar-refractivity contribution in [1.82, 2.24) is 0 Å². The van der Waals surface area contributed by atoms with Gasteiger partial charge in [-0.05, 0) is 60.3 Å². The monoisotopic (exact) mass is 411 g/mol. The SMILES string of the molecule is Cc1cc(/C(O)=C2/C(=O)C(=O)N(c3cccc(F)c3)C2c2cccs2)ccc1F. The van der Waals surface area contributed by atoms with E-state index in [1.165, 1.54) is 59.6 Å². The lowest BCUT2D eigenvalue weighted by Crippen LogP contribution is -2.29. The molecule has 0 saturated carbocycles. The van der Waals surface area contributed by atoms with Crippen LogP contribution >= 0.6 is 11.3 Å². The minimum absolute atomic E-state index is 0.118. The lowest BCUT2D eigenvalue weighted by atomic mass is 9.99. The fourth-order valence-electron chi connectivity index (χ4n) is 3.39. The number of halogens is 2. The molecule has 1 aromatic heterocycles. The first kappa shape index (κ1) is 19.0. The number of aliphatic hydroxyl groups is 1. The Morgan fingerprint density at radius 3 is 2.52 bits per heavy atom. The molecule has 1 fully saturated rings. The number of aryl methyl sites for hydroxylation is 1. The molecule has 0 spiro atoms. The largest absolute Gasteiger partial charge is 0.507 e. The van der Waals surface area contributed by atoms with E-state index in [9.17, 15) is 23.5 Å². The lowest BCUT2D eigenvalue weighted by molar-refractivity contribution is -0.132. The zero-order valence-electron chi connectivity index (χ0n) is 15.2. The van der Waals surface area contributed by atoms with Crippen LogP contribution in [-0.2, 0) is 9.59 Å². The van der Waals surface area contributed by atoms with E-state index in [2.05, 4.69) is 0 Å². The zero-order chi connectivity index (χ0) is 20.7. The number of carbonyl (C=O) groups is 2. The van der Waals surface area contributed by atoms with Crippen LogP contribution in [-0.4, -0.2) is 16.8 Å². The summed E-state index contributed by atoms with van der Waals surface area (Å²) < 4.78 is 27.4. The molecular formula is C22H15F2NO3S. The van der Waals surface area contributed by atoms with Crippen LogP contribution in [0.15, 0.2) is 65.6 Å². The van der Waals surface area contributed by atoms with Gasteiger partial charge >= 0.3 is 0 Å². The number of carbonyl (C=O) groups excluding carboxylic acids is 2. The molecule has 3 aromatic rings. The van der Waals surface area contributed by atoms with Crippen molar-refractivity contribution < 1.29 is 23.5 Å². The number of rotatable bonds is 3. The van der Waals surface area contributed by atoms with Crippen LogP contribution in [0.1, 0.15) is 22.0 Å². The molecule has 1 saturated heterocycles. The van der Waals surface area contributed by atoms with E-state index in [4.69, 9.17) is 0 Å². The fraction of sp³-hybridized carbons (Fsp3) is 0.0909. The van der Waals surface area contributed by atoms with Crippen molar-refractivity contribution in [2.75, 3.05) is 4.90 Å². The summed E-state index contributed by atoms with van der Waals surface area (Å²) in [6.07, 6.45) is 0. The summed E-state index contributed by atoms with van der Waals surface area (Å²) in [4.78, 5) is 27.5. The van der Waals surface area contributed by atoms with E-state index in [1.54, 1.807) is 17.5 Å². The Bertz CT molecular complexity index is 1150. The Kier molecular flexibility index (Phi) is 4.76. The van der Waals surface area contributed by atoms with E-state index in [0.717, 1.165) is 6.07 Å². The Morgan fingerprint density at radius 1 is 1.07 bits per heavy atom. The second kappa shape index (κ2) is 7.25. The summed E-state index contributed by atoms with van der Waals surface area (Å²) in [5, 5.41) is 12.7. The topological polar surface area (TPSA) is 57.6 Å². The second-order valence-electron chi connectivity index (χ2n) is 6.63. The smallest absolute Gasteiger partial charge is 0.300 e. The first-order chi connectivity index (χ1) is 13.9. The fourth-order valence-corrected chi connectivity index (χ4v) is 4.21. The third kappa shape index (κ3) is 3.23. The highest BCUT2D eigenvalue weighted by Crippen LogP contribution is 2.43. The van der Waals surface area contributed by atoms with E-state index in [-0.39, 0.29) is 16.8 Å². The number of hydrogen-bond donors (Lipinski definition) is 1. The van der Waals surface area contributed by atoms with E-state index >= 15 is 0 Å². The normalized spacial score (nSPS) is 18.4. The molecule has 0 aliphatic carbocycles. The van der Waals surface area contributed by atoms with Gasteiger partial charge in [0.05, 0.1) is 5.57 Å². The van der Waals surface area contributed by atoms with Crippen molar-refractivity contribution in [3.05, 3.63) is 93.2 Å². The van der Waals surface area contributed by atoms with Crippen LogP contribution in [0.4, 0.5) is 14.5 Å². The average molecular weight is 411 g/mol. The Balaban J connectivity index is 1.94. The van der Waals surface area contributed by atoms with Gasteiger partial charge in [-0.3, -0.25) is 14.5 Å². The van der Waals surface area contributed by atoms with Crippen LogP contribution in [0.5, 0.6) is 0 Å². The van der Waals surface area contributed by atoms with Gasteiger partial charge in [0, 0.05) is 16.1 Å². The van der Waals surface area contributed by atoms with E-state index in [1.807, 2.05) is 0 Å². The summed E-state index contributed by atoms with van der Waals surface area (Å²) in [5.74, 6) is -3.15. The minimum atomic E-state index is -0.915. The summed E-state index contributed by atoms with van der Waals surface area (Å²) in [6.45, 7) is 1.54. The molecule has 1 atom stereocenters. The average Bonchev–Trinajstić information content (AvgIpc) is 3.31. The Hall–Kier alpha value is -3.32. The van der Waals surface area contributed by atoms with Gasteiger partial charge in [-0.15, -0.1) is 11.3 Å². The number of amides is 1. The van der Waals surface area contributed by atoms with Gasteiger partial charge in [-0.1, -0.05) is 12.1 Å². The molecule has 1 aliphatic rings. The van der Waals surface area contributed by atoms with Crippen molar-refractivity contribution in [2.24, 2.45) is 0 Å². The van der Waals surface area contributed by atoms with Crippen LogP contribution in [0.3, 0.4) is 0 Å². The van der Waals surface area contributed by atoms with Gasteiger partial charge < -0.3 is 5.11 Å². The number of benzene rings is 2. The zero-order valence-corrected chi connectivity index (χ0v) is 16.0. The molecule has 146 valence electrons. The Labute approximate surface area is 169 Å². The van der Waals surface area contributed by atoms with Crippen LogP contribution < -0.4 is 4.90 Å². The van der Waals surface area contributed by atoms with Crippen molar-refractivity contribution in [3.8, 4) is 0 Å². The van der Waals surface area contributed by atoms with Gasteiger partial charge in [0.2, 0.25) is 0 Å². The third-order valence-corrected chi connectivity index (χ3v) is 5.70. The summed E-state index contributed by atoms with van der Waals surface area (Å²) >= 11 is 1.30. The number of nitrogens with zero attached hydrogens (tertiary/aromatic N) is 1. The molecule has 29 heavy (non-hydrogen) atoms. The van der Waals surface area contributed by atoms with Gasteiger partial charge in [-0.2, -0.15) is 0 Å². The maximum Gasteiger partial charge on any atom is 0.300 e. The summed E-state index contributed by atoms with van der Waals surface area (Å²) in [7, 11) is 0. The van der Waals surface area contributed by atoms with Crippen LogP contribution in [0.2, 0.25) is 0 Å². The quantitative estimate of drug-likeness (QED) is 0.376. The van der Waals surface area contributed by atoms with Crippen molar-refractivity contribution in [3.63, 3.8) is 0 Å². The second-order valence-corrected chi connectivity index (χ2v) is 7.61. The van der Waals surface area contributed by atoms with Gasteiger partial charge in [0.1, 0.15) is 23.4 Å². The molecule has 0 bridgehead atoms. The third-order valence-electron chi connectivity index (χ3n) is 4.77. The van der Waals surface area contributed by atoms with E-state index < -0.39 is 35.1 Å². The first-order valence-electron chi connectivity index (χ1n) is 8.75. The molecule has 2 heterocycles. The number of anilines is 1. The first-order valence-corrected chi connectivity index (χ1v) is 9.63. The molecule has 7 heteroatoms. The summed E-state index contributed by atoms with van der Waals surface area (Å²) in [5.41, 5.74) is 0.608. The van der Waals surface area contributed by atoms with Crippen molar-refractivity contribution >= 4 is 34.5 Å². The van der Waals surface area contributed by atoms with Gasteiger partial charge in [0.25, 0.3) is 11.7 Å². The molecule has 2 aromatic carbocycles. The number of hydrogen-bond acceptors (Lipinski definition) is 4. The molecular weight excluding hydrogens is 396 g/mol. The minimum Gasteiger partial charge on any atom is -0.507 e. The molecule has 1 amide bonds. The standard InChI is InChI=1S/C22H15F2NO3S/c1-12-10-13(7-8-16(12)24)20(26)18-19(17-6-3-9-29-17)25(22(28)21(18)27)15-5-2-4-14(23)11-15/h2-11,19,26H,1H3/b20-18-. The molecule has 0 radical (unpaired) electrons. The molecule has 1 unspecified atom stereocenters. The van der Waals surface area contributed by atoms with Crippen LogP contribution in [0.25, 0.3) is 5.76 Å². The molecule has 1 N–H and O–H groups in total. The van der Waals surface area contributed by atoms with Gasteiger partial charge in [0.15, 0.2) is 0 Å². The number of Topliss-reactive ketones (excluding diaryl/α,β-unsaturated/α-hetero) is 1. The van der Waals surface area contributed by atoms with E-state index in [0.29, 0.717) is 10.4 Å². The predicted molar refractivity (Wildman–Crippen MR) is 107 cm³/mol. The number of aliphatic hydroxyl groups excluding tert-OH is 1. The maximum absolute atomic E-state index is 13.8. The Morgan fingerprint density at radius 2 is 1.86 bits per heavy atom. The number of ketones is 1. The molecule has 4 nitrogen and oxygen atoms in total. The van der Waals surface area contributed by atoms with Gasteiger partial charge in [-0.25, -0.2) is 8.78 Å².